The van der Waals surface area contributed by atoms with Crippen LogP contribution < -0.4 is 9.47 Å². The van der Waals surface area contributed by atoms with E-state index in [1.807, 2.05) is 18.2 Å². The van der Waals surface area contributed by atoms with E-state index in [9.17, 15) is 14.4 Å². The van der Waals surface area contributed by atoms with Crippen molar-refractivity contribution in [3.8, 4) is 11.5 Å². The molecule has 0 N–H and O–H groups in total. The van der Waals surface area contributed by atoms with Gasteiger partial charge in [-0.05, 0) is 54.7 Å². The molecule has 0 saturated heterocycles. The minimum absolute atomic E-state index is 0.0513. The molecule has 0 aromatic heterocycles. The van der Waals surface area contributed by atoms with Crippen LogP contribution in [0.5, 0.6) is 11.5 Å². The van der Waals surface area contributed by atoms with Crippen molar-refractivity contribution >= 4 is 17.5 Å². The summed E-state index contributed by atoms with van der Waals surface area (Å²) in [6.45, 7) is 0.533. The molecule has 6 heteroatoms. The number of rotatable bonds is 7. The average Bonchev–Trinajstić information content (AvgIpc) is 3.23. The van der Waals surface area contributed by atoms with E-state index in [0.717, 1.165) is 19.3 Å². The summed E-state index contributed by atoms with van der Waals surface area (Å²) in [4.78, 5) is 36.6. The van der Waals surface area contributed by atoms with E-state index in [2.05, 4.69) is 0 Å². The smallest absolute Gasteiger partial charge is 0.306 e. The molecule has 0 amide bonds. The van der Waals surface area contributed by atoms with E-state index >= 15 is 0 Å². The maximum absolute atomic E-state index is 12.3. The molecule has 0 saturated carbocycles. The summed E-state index contributed by atoms with van der Waals surface area (Å²) in [6.07, 6.45) is 3.20. The van der Waals surface area contributed by atoms with Crippen LogP contribution in [0.2, 0.25) is 0 Å². The molecule has 0 unspecified atom stereocenters. The Kier molecular flexibility index (Phi) is 5.60. The number of ketones is 2. The van der Waals surface area contributed by atoms with Crippen LogP contribution in [0.4, 0.5) is 0 Å². The van der Waals surface area contributed by atoms with Gasteiger partial charge < -0.3 is 14.2 Å². The average molecular weight is 394 g/mol. The van der Waals surface area contributed by atoms with Crippen molar-refractivity contribution in [1.82, 2.24) is 0 Å². The molecule has 0 bridgehead atoms. The molecule has 0 radical (unpaired) electrons. The quantitative estimate of drug-likeness (QED) is 0.529. The maximum Gasteiger partial charge on any atom is 0.306 e. The van der Waals surface area contributed by atoms with Crippen LogP contribution in [0, 0.1) is 0 Å². The van der Waals surface area contributed by atoms with Crippen molar-refractivity contribution in [2.45, 2.75) is 32.1 Å². The minimum atomic E-state index is -0.564. The molecule has 6 nitrogen and oxygen atoms in total. The Morgan fingerprint density at radius 2 is 1.52 bits per heavy atom. The number of fused-ring (bicyclic) bond motifs is 2. The second-order valence-corrected chi connectivity index (χ2v) is 7.20. The third-order valence-electron chi connectivity index (χ3n) is 5.21. The summed E-state index contributed by atoms with van der Waals surface area (Å²) in [6, 6.07) is 10.6. The number of hydrogen-bond acceptors (Lipinski definition) is 6. The number of hydrogen-bond donors (Lipinski definition) is 0. The summed E-state index contributed by atoms with van der Waals surface area (Å²) in [5, 5.41) is 0. The van der Waals surface area contributed by atoms with Crippen molar-refractivity contribution in [3.05, 3.63) is 58.7 Å². The predicted molar refractivity (Wildman–Crippen MR) is 105 cm³/mol. The number of Topliss-reactive ketones (excluding diaryl/α,β-unsaturated/α-hetero) is 2. The molecule has 0 fully saturated rings. The van der Waals surface area contributed by atoms with Gasteiger partial charge in [0.2, 0.25) is 0 Å². The van der Waals surface area contributed by atoms with Crippen LogP contribution in [0.1, 0.15) is 51.1 Å². The van der Waals surface area contributed by atoms with Crippen LogP contribution in [-0.4, -0.2) is 37.4 Å². The molecule has 0 atom stereocenters. The first kappa shape index (κ1) is 19.2. The van der Waals surface area contributed by atoms with Gasteiger partial charge in [0.05, 0.1) is 6.42 Å². The van der Waals surface area contributed by atoms with Crippen molar-refractivity contribution in [3.63, 3.8) is 0 Å². The molecule has 29 heavy (non-hydrogen) atoms. The number of ether oxygens (including phenoxy) is 3. The van der Waals surface area contributed by atoms with Gasteiger partial charge in [-0.25, -0.2) is 0 Å². The largest absolute Gasteiger partial charge is 0.486 e. The van der Waals surface area contributed by atoms with Crippen molar-refractivity contribution < 1.29 is 28.6 Å². The summed E-state index contributed by atoms with van der Waals surface area (Å²) in [5.74, 6) is 0.115. The number of esters is 1. The van der Waals surface area contributed by atoms with Crippen LogP contribution in [0.15, 0.2) is 36.4 Å². The fraction of sp³-hybridized carbons (Fsp3) is 0.348. The number of benzene rings is 2. The Labute approximate surface area is 168 Å². The van der Waals surface area contributed by atoms with Gasteiger partial charge in [0.15, 0.2) is 29.7 Å². The Morgan fingerprint density at radius 3 is 2.38 bits per heavy atom. The molecule has 150 valence electrons. The van der Waals surface area contributed by atoms with Crippen LogP contribution in [0.25, 0.3) is 0 Å². The number of carbonyl (C=O) groups is 3. The Morgan fingerprint density at radius 1 is 0.793 bits per heavy atom. The van der Waals surface area contributed by atoms with Gasteiger partial charge in [0, 0.05) is 17.5 Å². The second kappa shape index (κ2) is 8.47. The van der Waals surface area contributed by atoms with Crippen LogP contribution in [0.3, 0.4) is 0 Å². The minimum Gasteiger partial charge on any atom is -0.486 e. The van der Waals surface area contributed by atoms with Crippen molar-refractivity contribution in [2.24, 2.45) is 0 Å². The van der Waals surface area contributed by atoms with Gasteiger partial charge in [-0.3, -0.25) is 14.4 Å². The number of carbonyl (C=O) groups excluding carboxylic acids is 3. The zero-order chi connectivity index (χ0) is 20.2. The van der Waals surface area contributed by atoms with Gasteiger partial charge in [-0.2, -0.15) is 0 Å². The monoisotopic (exact) mass is 394 g/mol. The van der Waals surface area contributed by atoms with Gasteiger partial charge in [-0.15, -0.1) is 0 Å². The highest BCUT2D eigenvalue weighted by atomic mass is 16.6. The lowest BCUT2D eigenvalue weighted by molar-refractivity contribution is -0.142. The Bertz CT molecular complexity index is 962. The molecular formula is C23H22O6. The molecule has 2 aliphatic rings. The Hall–Kier alpha value is -3.15. The zero-order valence-corrected chi connectivity index (χ0v) is 16.1. The molecule has 1 aliphatic heterocycles. The fourth-order valence-electron chi connectivity index (χ4n) is 3.62. The third kappa shape index (κ3) is 4.47. The maximum atomic E-state index is 12.3. The van der Waals surface area contributed by atoms with E-state index in [4.69, 9.17) is 14.2 Å². The first-order valence-corrected chi connectivity index (χ1v) is 9.83. The highest BCUT2D eigenvalue weighted by molar-refractivity contribution is 5.99. The molecule has 2 aromatic carbocycles. The molecular weight excluding hydrogens is 372 g/mol. The first-order chi connectivity index (χ1) is 14.1. The summed E-state index contributed by atoms with van der Waals surface area (Å²) in [5.41, 5.74) is 3.55. The normalized spacial score (nSPS) is 14.2. The van der Waals surface area contributed by atoms with Crippen molar-refractivity contribution in [1.29, 1.82) is 0 Å². The van der Waals surface area contributed by atoms with E-state index < -0.39 is 5.97 Å². The number of aryl methyl sites for hydroxylation is 2. The van der Waals surface area contributed by atoms with Crippen molar-refractivity contribution in [2.75, 3.05) is 19.8 Å². The third-order valence-corrected chi connectivity index (χ3v) is 5.21. The molecule has 1 heterocycles. The fourth-order valence-corrected chi connectivity index (χ4v) is 3.62. The molecule has 4 rings (SSSR count). The van der Waals surface area contributed by atoms with Gasteiger partial charge in [-0.1, -0.05) is 12.1 Å². The molecule has 1 aliphatic carbocycles. The topological polar surface area (TPSA) is 78.9 Å². The van der Waals surface area contributed by atoms with Gasteiger partial charge in [0.25, 0.3) is 0 Å². The van der Waals surface area contributed by atoms with Crippen LogP contribution >= 0.6 is 0 Å². The summed E-state index contributed by atoms with van der Waals surface area (Å²) in [7, 11) is 0. The standard InChI is InChI=1S/C23H22O6/c24-19(17-5-4-15-2-1-3-16(15)12-17)7-9-23(26)29-14-20(25)18-6-8-21-22(13-18)28-11-10-27-21/h4-6,8,12-13H,1-3,7,9-11,14H2. The SMILES string of the molecule is O=C(CCC(=O)c1ccc2c(c1)CCC2)OCC(=O)c1ccc2c(c1)OCCO2. The van der Waals surface area contributed by atoms with E-state index in [0.29, 0.717) is 35.8 Å². The summed E-state index contributed by atoms with van der Waals surface area (Å²) >= 11 is 0. The van der Waals surface area contributed by atoms with E-state index in [-0.39, 0.29) is 31.0 Å². The second-order valence-electron chi connectivity index (χ2n) is 7.20. The lowest BCUT2D eigenvalue weighted by Gasteiger charge is -2.18. The molecule has 2 aromatic rings. The first-order valence-electron chi connectivity index (χ1n) is 9.83. The lowest BCUT2D eigenvalue weighted by atomic mass is 10.0. The summed E-state index contributed by atoms with van der Waals surface area (Å²) < 4.78 is 15.9. The highest BCUT2D eigenvalue weighted by Crippen LogP contribution is 2.30. The van der Waals surface area contributed by atoms with E-state index in [1.54, 1.807) is 18.2 Å². The zero-order valence-electron chi connectivity index (χ0n) is 16.1. The highest BCUT2D eigenvalue weighted by Gasteiger charge is 2.18. The lowest BCUT2D eigenvalue weighted by Crippen LogP contribution is -2.17. The van der Waals surface area contributed by atoms with Gasteiger partial charge >= 0.3 is 5.97 Å². The van der Waals surface area contributed by atoms with Crippen LogP contribution in [-0.2, 0) is 22.4 Å². The molecule has 0 spiro atoms. The predicted octanol–water partition coefficient (Wildman–Crippen LogP) is 3.34. The Balaban J connectivity index is 1.25. The van der Waals surface area contributed by atoms with Gasteiger partial charge in [0.1, 0.15) is 13.2 Å². The van der Waals surface area contributed by atoms with E-state index in [1.165, 1.54) is 11.1 Å².